The Morgan fingerprint density at radius 1 is 1.12 bits per heavy atom. The Labute approximate surface area is 184 Å². The quantitative estimate of drug-likeness (QED) is 0.629. The van der Waals surface area contributed by atoms with Gasteiger partial charge in [-0.05, 0) is 43.6 Å². The highest BCUT2D eigenvalue weighted by molar-refractivity contribution is 5.71. The van der Waals surface area contributed by atoms with Crippen molar-refractivity contribution in [2.75, 3.05) is 26.2 Å². The van der Waals surface area contributed by atoms with Crippen molar-refractivity contribution >= 4 is 17.2 Å². The van der Waals surface area contributed by atoms with E-state index in [1.165, 1.54) is 24.5 Å². The monoisotopic (exact) mass is 436 g/mol. The lowest BCUT2D eigenvalue weighted by Gasteiger charge is -2.34. The Bertz CT molecular complexity index is 1270. The standard InChI is InChI=1S/C23H25FN6O2/c24-17-10-16(11-25-12-17)2-1-7-26-18-5-8-28(9-6-18)14-19-15-29-21(31)4-3-20-23(29)30(19)22(32)13-27-20/h1-4,10-13,18-19,26H,5-9,14-15H2/b2-1+/t19-/m1/s1. The number of nitrogens with zero attached hydrogens (tertiary/aromatic N) is 5. The van der Waals surface area contributed by atoms with Crippen LogP contribution < -0.4 is 16.4 Å². The topological polar surface area (TPSA) is 85.0 Å². The number of halogens is 1. The second-order valence-corrected chi connectivity index (χ2v) is 8.43. The molecule has 2 aliphatic rings. The predicted molar refractivity (Wildman–Crippen MR) is 120 cm³/mol. The van der Waals surface area contributed by atoms with Crippen LogP contribution in [-0.2, 0) is 6.54 Å². The van der Waals surface area contributed by atoms with Crippen molar-refractivity contribution in [3.8, 4) is 0 Å². The van der Waals surface area contributed by atoms with Gasteiger partial charge in [0.25, 0.3) is 11.1 Å². The van der Waals surface area contributed by atoms with Crippen molar-refractivity contribution in [2.24, 2.45) is 0 Å². The summed E-state index contributed by atoms with van der Waals surface area (Å²) in [7, 11) is 0. The fraction of sp³-hybridized carbons (Fsp3) is 0.391. The number of likely N-dealkylation sites (tertiary alicyclic amines) is 1. The zero-order valence-corrected chi connectivity index (χ0v) is 17.7. The summed E-state index contributed by atoms with van der Waals surface area (Å²) < 4.78 is 16.6. The molecule has 1 saturated heterocycles. The number of hydrogen-bond acceptors (Lipinski definition) is 6. The maximum Gasteiger partial charge on any atom is 0.270 e. The minimum Gasteiger partial charge on any atom is -0.310 e. The minimum atomic E-state index is -0.336. The molecule has 2 aliphatic heterocycles. The molecule has 5 rings (SSSR count). The zero-order valence-electron chi connectivity index (χ0n) is 17.7. The highest BCUT2D eigenvalue weighted by Crippen LogP contribution is 2.24. The van der Waals surface area contributed by atoms with E-state index in [1.807, 2.05) is 12.2 Å². The normalized spacial score (nSPS) is 19.3. The van der Waals surface area contributed by atoms with Crippen molar-refractivity contribution in [2.45, 2.75) is 31.5 Å². The van der Waals surface area contributed by atoms with E-state index in [0.717, 1.165) is 38.0 Å². The van der Waals surface area contributed by atoms with E-state index in [9.17, 15) is 14.0 Å². The second kappa shape index (κ2) is 8.76. The molecule has 1 fully saturated rings. The van der Waals surface area contributed by atoms with Crippen LogP contribution in [-0.4, -0.2) is 56.2 Å². The number of piperidine rings is 1. The molecule has 0 spiro atoms. The average molecular weight is 436 g/mol. The van der Waals surface area contributed by atoms with Crippen LogP contribution in [0, 0.1) is 5.82 Å². The van der Waals surface area contributed by atoms with Gasteiger partial charge in [-0.1, -0.05) is 12.2 Å². The van der Waals surface area contributed by atoms with E-state index in [2.05, 4.69) is 20.2 Å². The van der Waals surface area contributed by atoms with Crippen LogP contribution in [0.4, 0.5) is 4.39 Å². The summed E-state index contributed by atoms with van der Waals surface area (Å²) >= 11 is 0. The molecule has 0 aliphatic carbocycles. The van der Waals surface area contributed by atoms with Gasteiger partial charge in [0.2, 0.25) is 0 Å². The van der Waals surface area contributed by atoms with Crippen LogP contribution in [0.25, 0.3) is 17.2 Å². The Morgan fingerprint density at radius 2 is 1.97 bits per heavy atom. The first-order chi connectivity index (χ1) is 15.6. The summed E-state index contributed by atoms with van der Waals surface area (Å²) in [6.45, 7) is 3.82. The molecule has 0 radical (unpaired) electrons. The smallest absolute Gasteiger partial charge is 0.270 e. The Morgan fingerprint density at radius 3 is 2.78 bits per heavy atom. The van der Waals surface area contributed by atoms with Crippen LogP contribution in [0.15, 0.2) is 52.5 Å². The van der Waals surface area contributed by atoms with Crippen molar-refractivity contribution in [3.63, 3.8) is 0 Å². The first kappa shape index (κ1) is 20.7. The lowest BCUT2D eigenvalue weighted by atomic mass is 10.0. The fourth-order valence-corrected chi connectivity index (χ4v) is 4.73. The van der Waals surface area contributed by atoms with Gasteiger partial charge in [-0.15, -0.1) is 0 Å². The Balaban J connectivity index is 1.15. The average Bonchev–Trinajstić information content (AvgIpc) is 3.18. The molecule has 32 heavy (non-hydrogen) atoms. The summed E-state index contributed by atoms with van der Waals surface area (Å²) in [5.41, 5.74) is 1.81. The van der Waals surface area contributed by atoms with Gasteiger partial charge in [-0.3, -0.25) is 23.7 Å². The lowest BCUT2D eigenvalue weighted by Crippen LogP contribution is -2.44. The maximum absolute atomic E-state index is 13.2. The van der Waals surface area contributed by atoms with Gasteiger partial charge in [0.05, 0.1) is 18.4 Å². The van der Waals surface area contributed by atoms with E-state index in [1.54, 1.807) is 21.4 Å². The molecule has 166 valence electrons. The van der Waals surface area contributed by atoms with Gasteiger partial charge >= 0.3 is 0 Å². The van der Waals surface area contributed by atoms with E-state index in [4.69, 9.17) is 0 Å². The van der Waals surface area contributed by atoms with Crippen LogP contribution >= 0.6 is 0 Å². The van der Waals surface area contributed by atoms with E-state index < -0.39 is 0 Å². The molecule has 8 nitrogen and oxygen atoms in total. The molecule has 5 heterocycles. The van der Waals surface area contributed by atoms with Crippen LogP contribution in [0.5, 0.6) is 0 Å². The van der Waals surface area contributed by atoms with Gasteiger partial charge in [0.15, 0.2) is 0 Å². The summed E-state index contributed by atoms with van der Waals surface area (Å²) in [5, 5.41) is 3.53. The zero-order chi connectivity index (χ0) is 22.1. The number of nitrogens with one attached hydrogen (secondary N) is 1. The number of pyridine rings is 2. The third-order valence-electron chi connectivity index (χ3n) is 6.29. The van der Waals surface area contributed by atoms with Gasteiger partial charge in [-0.25, -0.2) is 9.37 Å². The van der Waals surface area contributed by atoms with Crippen LogP contribution in [0.2, 0.25) is 0 Å². The highest BCUT2D eigenvalue weighted by atomic mass is 19.1. The summed E-state index contributed by atoms with van der Waals surface area (Å²) in [5.74, 6) is -0.336. The molecule has 0 unspecified atom stereocenters. The van der Waals surface area contributed by atoms with Gasteiger partial charge < -0.3 is 10.2 Å². The first-order valence-electron chi connectivity index (χ1n) is 10.9. The van der Waals surface area contributed by atoms with Crippen molar-refractivity contribution in [1.29, 1.82) is 0 Å². The molecular weight excluding hydrogens is 411 g/mol. The summed E-state index contributed by atoms with van der Waals surface area (Å²) in [6.07, 6.45) is 10.0. The Hall–Kier alpha value is -3.17. The molecule has 0 aromatic carbocycles. The minimum absolute atomic E-state index is 0.0598. The lowest BCUT2D eigenvalue weighted by molar-refractivity contribution is 0.173. The van der Waals surface area contributed by atoms with E-state index in [-0.39, 0.29) is 23.0 Å². The molecule has 1 N–H and O–H groups in total. The summed E-state index contributed by atoms with van der Waals surface area (Å²) in [4.78, 5) is 35.2. The molecule has 3 aromatic heterocycles. The van der Waals surface area contributed by atoms with E-state index >= 15 is 0 Å². The largest absolute Gasteiger partial charge is 0.310 e. The van der Waals surface area contributed by atoms with Gasteiger partial charge in [-0.2, -0.15) is 0 Å². The molecule has 9 heteroatoms. The molecule has 3 aromatic rings. The maximum atomic E-state index is 13.2. The van der Waals surface area contributed by atoms with Crippen LogP contribution in [0.3, 0.4) is 0 Å². The number of rotatable bonds is 6. The second-order valence-electron chi connectivity index (χ2n) is 8.43. The van der Waals surface area contributed by atoms with Crippen molar-refractivity contribution in [3.05, 3.63) is 75.0 Å². The summed E-state index contributed by atoms with van der Waals surface area (Å²) in [6, 6.07) is 5.01. The molecule has 0 amide bonds. The third kappa shape index (κ3) is 4.13. The SMILES string of the molecule is O=c1ccc2ncc(=O)n3c2n1C[C@H]3CN1CCC(NC/C=C/c2cncc(F)c2)CC1. The fourth-order valence-electron chi connectivity index (χ4n) is 4.73. The van der Waals surface area contributed by atoms with E-state index in [0.29, 0.717) is 30.3 Å². The molecule has 0 bridgehead atoms. The number of aromatic nitrogens is 4. The Kier molecular flexibility index (Phi) is 5.67. The molecule has 0 saturated carbocycles. The third-order valence-corrected chi connectivity index (χ3v) is 6.29. The van der Waals surface area contributed by atoms with Crippen molar-refractivity contribution < 1.29 is 4.39 Å². The van der Waals surface area contributed by atoms with Crippen molar-refractivity contribution in [1.82, 2.24) is 29.3 Å². The van der Waals surface area contributed by atoms with Gasteiger partial charge in [0, 0.05) is 37.9 Å². The molecular formula is C23H25FN6O2. The highest BCUT2D eigenvalue weighted by Gasteiger charge is 2.29. The number of hydrogen-bond donors (Lipinski definition) is 1. The first-order valence-corrected chi connectivity index (χ1v) is 10.9. The predicted octanol–water partition coefficient (Wildman–Crippen LogP) is 1.41. The van der Waals surface area contributed by atoms with Crippen LogP contribution in [0.1, 0.15) is 24.4 Å². The van der Waals surface area contributed by atoms with Gasteiger partial charge in [0.1, 0.15) is 17.0 Å². The molecule has 1 atom stereocenters.